The Kier molecular flexibility index (Phi) is 3.61. The van der Waals surface area contributed by atoms with Gasteiger partial charge in [0.1, 0.15) is 7.85 Å². The Balaban J connectivity index is 1.88. The van der Waals surface area contributed by atoms with E-state index in [1.54, 1.807) is 0 Å². The van der Waals surface area contributed by atoms with Crippen LogP contribution in [0.5, 0.6) is 0 Å². The average Bonchev–Trinajstić information content (AvgIpc) is 2.71. The minimum atomic E-state index is -3.46. The van der Waals surface area contributed by atoms with Crippen molar-refractivity contribution in [2.75, 3.05) is 6.54 Å². The first-order valence-electron chi connectivity index (χ1n) is 6.88. The molecule has 0 radical (unpaired) electrons. The van der Waals surface area contributed by atoms with E-state index in [-0.39, 0.29) is 0 Å². The van der Waals surface area contributed by atoms with Crippen molar-refractivity contribution in [3.8, 4) is 0 Å². The van der Waals surface area contributed by atoms with Crippen LogP contribution in [0.3, 0.4) is 0 Å². The molecule has 0 aromatic heterocycles. The van der Waals surface area contributed by atoms with Gasteiger partial charge in [0.15, 0.2) is 0 Å². The first kappa shape index (κ1) is 14.3. The Morgan fingerprint density at radius 3 is 2.24 bits per heavy atom. The number of rotatable bonds is 3. The van der Waals surface area contributed by atoms with Crippen LogP contribution in [0.25, 0.3) is 0 Å². The molecule has 0 spiro atoms. The minimum Gasteiger partial charge on any atom is -0.199 e. The lowest BCUT2D eigenvalue weighted by atomic mass is 9.73. The van der Waals surface area contributed by atoms with E-state index in [0.717, 1.165) is 11.1 Å². The quantitative estimate of drug-likeness (QED) is 0.853. The lowest BCUT2D eigenvalue weighted by molar-refractivity contribution is 0.409. The van der Waals surface area contributed by atoms with Crippen LogP contribution in [0, 0.1) is 0 Å². The Morgan fingerprint density at radius 1 is 1.05 bits per heavy atom. The third-order valence-corrected chi connectivity index (χ3v) is 5.45. The smallest absolute Gasteiger partial charge is 0.199 e. The van der Waals surface area contributed by atoms with Gasteiger partial charge in [-0.25, -0.2) is 0 Å². The van der Waals surface area contributed by atoms with E-state index in [1.807, 2.05) is 68.5 Å². The van der Waals surface area contributed by atoms with Gasteiger partial charge in [0.25, 0.3) is 10.2 Å². The molecule has 6 heteroatoms. The SMILES string of the molecule is BC1(c2ccccc2)CN(Cc2ccccc2)S(=O)(=O)N1. The average molecular weight is 300 g/mol. The van der Waals surface area contributed by atoms with Crippen molar-refractivity contribution in [3.63, 3.8) is 0 Å². The highest BCUT2D eigenvalue weighted by molar-refractivity contribution is 7.87. The standard InChI is InChI=1S/C15H17BN2O2S/c16-15(14-9-5-2-6-10-14)12-18(21(19,20)17-15)11-13-7-3-1-4-8-13/h1-10,17H,11-12,16H2. The zero-order valence-electron chi connectivity index (χ0n) is 11.9. The van der Waals surface area contributed by atoms with Crippen molar-refractivity contribution >= 4 is 18.1 Å². The molecule has 0 saturated carbocycles. The fraction of sp³-hybridized carbons (Fsp3) is 0.200. The van der Waals surface area contributed by atoms with E-state index in [2.05, 4.69) is 4.72 Å². The predicted molar refractivity (Wildman–Crippen MR) is 85.6 cm³/mol. The van der Waals surface area contributed by atoms with Gasteiger partial charge in [0, 0.05) is 18.5 Å². The lowest BCUT2D eigenvalue weighted by Gasteiger charge is -2.23. The molecule has 21 heavy (non-hydrogen) atoms. The topological polar surface area (TPSA) is 49.4 Å². The normalized spacial score (nSPS) is 25.0. The number of nitrogens with one attached hydrogen (secondary N) is 1. The van der Waals surface area contributed by atoms with E-state index in [4.69, 9.17) is 0 Å². The number of hydrogen-bond acceptors (Lipinski definition) is 2. The summed E-state index contributed by atoms with van der Waals surface area (Å²) in [6.07, 6.45) is 0. The second-order valence-electron chi connectivity index (χ2n) is 5.56. The van der Waals surface area contributed by atoms with Gasteiger partial charge in [-0.05, 0) is 11.1 Å². The highest BCUT2D eigenvalue weighted by Crippen LogP contribution is 2.28. The predicted octanol–water partition coefficient (Wildman–Crippen LogP) is 0.823. The van der Waals surface area contributed by atoms with Gasteiger partial charge >= 0.3 is 0 Å². The maximum Gasteiger partial charge on any atom is 0.279 e. The van der Waals surface area contributed by atoms with Crippen molar-refractivity contribution in [2.24, 2.45) is 0 Å². The van der Waals surface area contributed by atoms with Crippen LogP contribution < -0.4 is 4.72 Å². The number of benzene rings is 2. The largest absolute Gasteiger partial charge is 0.279 e. The highest BCUT2D eigenvalue weighted by Gasteiger charge is 2.44. The second kappa shape index (κ2) is 5.29. The zero-order valence-corrected chi connectivity index (χ0v) is 12.7. The molecule has 3 rings (SSSR count). The van der Waals surface area contributed by atoms with Crippen LogP contribution in [-0.2, 0) is 22.2 Å². The van der Waals surface area contributed by atoms with E-state index in [9.17, 15) is 8.42 Å². The summed E-state index contributed by atoms with van der Waals surface area (Å²) in [5, 5.41) is 0. The van der Waals surface area contributed by atoms with Gasteiger partial charge in [-0.15, -0.1) is 0 Å². The van der Waals surface area contributed by atoms with Crippen molar-refractivity contribution in [1.82, 2.24) is 9.03 Å². The van der Waals surface area contributed by atoms with Gasteiger partial charge in [-0.2, -0.15) is 17.4 Å². The molecule has 1 aliphatic rings. The highest BCUT2D eigenvalue weighted by atomic mass is 32.2. The van der Waals surface area contributed by atoms with Crippen LogP contribution in [0.2, 0.25) is 0 Å². The Bertz CT molecular complexity index is 722. The monoisotopic (exact) mass is 300 g/mol. The number of nitrogens with zero attached hydrogens (tertiary/aromatic N) is 1. The van der Waals surface area contributed by atoms with Crippen LogP contribution >= 0.6 is 0 Å². The molecular weight excluding hydrogens is 283 g/mol. The molecule has 1 fully saturated rings. The summed E-state index contributed by atoms with van der Waals surface area (Å²) in [5.74, 6) is 0. The fourth-order valence-electron chi connectivity index (χ4n) is 2.70. The molecule has 4 nitrogen and oxygen atoms in total. The van der Waals surface area contributed by atoms with Crippen LogP contribution in [-0.4, -0.2) is 27.1 Å². The van der Waals surface area contributed by atoms with Gasteiger partial charge in [0.05, 0.1) is 0 Å². The molecule has 0 bridgehead atoms. The Labute approximate surface area is 126 Å². The van der Waals surface area contributed by atoms with Crippen molar-refractivity contribution in [2.45, 2.75) is 12.0 Å². The zero-order chi connectivity index (χ0) is 14.9. The van der Waals surface area contributed by atoms with Gasteiger partial charge in [0.2, 0.25) is 0 Å². The molecular formula is C15H17BN2O2S. The van der Waals surface area contributed by atoms with Crippen molar-refractivity contribution < 1.29 is 8.42 Å². The van der Waals surface area contributed by atoms with Crippen molar-refractivity contribution in [3.05, 3.63) is 71.8 Å². The summed E-state index contributed by atoms with van der Waals surface area (Å²) < 4.78 is 29.0. The molecule has 1 heterocycles. The van der Waals surface area contributed by atoms with Crippen LogP contribution in [0.1, 0.15) is 11.1 Å². The minimum absolute atomic E-state index is 0.387. The first-order valence-corrected chi connectivity index (χ1v) is 8.32. The van der Waals surface area contributed by atoms with Crippen molar-refractivity contribution in [1.29, 1.82) is 0 Å². The maximum atomic E-state index is 12.4. The summed E-state index contributed by atoms with van der Waals surface area (Å²) in [7, 11) is -1.54. The summed E-state index contributed by atoms with van der Waals surface area (Å²) in [6.45, 7) is 0.812. The Morgan fingerprint density at radius 2 is 1.62 bits per heavy atom. The molecule has 1 unspecified atom stereocenters. The Hall–Kier alpha value is -1.63. The van der Waals surface area contributed by atoms with Gasteiger partial charge in [-0.3, -0.25) is 0 Å². The molecule has 0 amide bonds. The summed E-state index contributed by atoms with van der Waals surface area (Å²) in [4.78, 5) is 0. The van der Waals surface area contributed by atoms with Gasteiger partial charge in [-0.1, -0.05) is 60.7 Å². The lowest BCUT2D eigenvalue weighted by Crippen LogP contribution is -2.41. The third kappa shape index (κ3) is 2.88. The molecule has 1 saturated heterocycles. The van der Waals surface area contributed by atoms with E-state index < -0.39 is 15.6 Å². The third-order valence-electron chi connectivity index (χ3n) is 3.80. The van der Waals surface area contributed by atoms with E-state index in [1.165, 1.54) is 4.31 Å². The molecule has 2 aromatic rings. The molecule has 1 N–H and O–H groups in total. The van der Waals surface area contributed by atoms with E-state index in [0.29, 0.717) is 13.1 Å². The second-order valence-corrected chi connectivity index (χ2v) is 7.23. The van der Waals surface area contributed by atoms with Crippen LogP contribution in [0.15, 0.2) is 60.7 Å². The summed E-state index contributed by atoms with van der Waals surface area (Å²) in [5.41, 5.74) is 1.37. The number of hydrogen-bond donors (Lipinski definition) is 1. The maximum absolute atomic E-state index is 12.4. The first-order chi connectivity index (χ1) is 10.00. The molecule has 108 valence electrons. The van der Waals surface area contributed by atoms with Gasteiger partial charge < -0.3 is 0 Å². The molecule has 2 aromatic carbocycles. The fourth-order valence-corrected chi connectivity index (χ4v) is 4.33. The molecule has 1 aliphatic heterocycles. The summed E-state index contributed by atoms with van der Waals surface area (Å²) in [6, 6.07) is 19.3. The summed E-state index contributed by atoms with van der Waals surface area (Å²) >= 11 is 0. The van der Waals surface area contributed by atoms with E-state index >= 15 is 0 Å². The molecule has 0 aliphatic carbocycles. The molecule has 1 atom stereocenters. The van der Waals surface area contributed by atoms with Crippen LogP contribution in [0.4, 0.5) is 0 Å².